The van der Waals surface area contributed by atoms with Crippen LogP contribution in [0.15, 0.2) is 65.5 Å². The van der Waals surface area contributed by atoms with Crippen LogP contribution in [0.25, 0.3) is 10.8 Å². The molecule has 6 aliphatic rings. The van der Waals surface area contributed by atoms with Crippen molar-refractivity contribution in [2.45, 2.75) is 50.2 Å². The van der Waals surface area contributed by atoms with Crippen molar-refractivity contribution in [3.8, 4) is 0 Å². The molecule has 6 aliphatic heterocycles. The molecule has 1 unspecified atom stereocenters. The van der Waals surface area contributed by atoms with Crippen LogP contribution in [0.1, 0.15) is 68.0 Å². The Morgan fingerprint density at radius 2 is 1.42 bits per heavy atom. The van der Waals surface area contributed by atoms with Gasteiger partial charge < -0.3 is 14.7 Å². The minimum Gasteiger partial charge on any atom is -0.368 e. The number of anilines is 1. The number of fused-ring (bicyclic) bond motifs is 2. The summed E-state index contributed by atoms with van der Waals surface area (Å²) < 4.78 is 15.1. The zero-order valence-electron chi connectivity index (χ0n) is 34.1. The van der Waals surface area contributed by atoms with Crippen LogP contribution < -0.4 is 15.8 Å². The molecule has 0 bridgehead atoms. The van der Waals surface area contributed by atoms with Crippen LogP contribution in [0.4, 0.5) is 10.1 Å². The van der Waals surface area contributed by atoms with E-state index in [0.717, 1.165) is 62.7 Å². The molecular formula is C45H46FN9O7. The van der Waals surface area contributed by atoms with E-state index in [9.17, 15) is 33.6 Å². The van der Waals surface area contributed by atoms with E-state index < -0.39 is 41.4 Å². The van der Waals surface area contributed by atoms with Gasteiger partial charge in [0.15, 0.2) is 0 Å². The van der Waals surface area contributed by atoms with Gasteiger partial charge in [0, 0.05) is 94.3 Å². The molecule has 62 heavy (non-hydrogen) atoms. The van der Waals surface area contributed by atoms with Crippen LogP contribution in [0.2, 0.25) is 0 Å². The summed E-state index contributed by atoms with van der Waals surface area (Å²) in [5, 5.41) is 10.2. The molecule has 320 valence electrons. The smallest absolute Gasteiger partial charge is 0.272 e. The van der Waals surface area contributed by atoms with Crippen molar-refractivity contribution in [2.75, 3.05) is 70.3 Å². The van der Waals surface area contributed by atoms with Crippen molar-refractivity contribution in [1.82, 2.24) is 40.0 Å². The number of hydrogen-bond donors (Lipinski definition) is 2. The minimum atomic E-state index is -0.989. The van der Waals surface area contributed by atoms with Crippen molar-refractivity contribution in [3.05, 3.63) is 105 Å². The minimum absolute atomic E-state index is 0.0234. The second kappa shape index (κ2) is 15.9. The average molecular weight is 844 g/mol. The number of halogens is 1. The third-order valence-electron chi connectivity index (χ3n) is 13.7. The van der Waals surface area contributed by atoms with Crippen molar-refractivity contribution in [3.63, 3.8) is 0 Å². The SMILES string of the molecule is O=C1CCC(N2C(=O)c3ccc(N4CC(N5CC(N6CCC(C(=O)N7CCN(C(=O)c8cc(Cc9n[nH]c(=O)c%10ccccc9%10)ccc8F)CC7)CC6)C5)C4)cc3C2=O)C(=O)N1. The van der Waals surface area contributed by atoms with E-state index in [4.69, 9.17) is 0 Å². The van der Waals surface area contributed by atoms with Gasteiger partial charge >= 0.3 is 0 Å². The molecule has 17 heteroatoms. The van der Waals surface area contributed by atoms with Crippen LogP contribution in [0.5, 0.6) is 0 Å². The number of imide groups is 2. The maximum Gasteiger partial charge on any atom is 0.272 e. The van der Waals surface area contributed by atoms with Crippen LogP contribution in [0.3, 0.4) is 0 Å². The molecule has 5 fully saturated rings. The molecule has 16 nitrogen and oxygen atoms in total. The second-order valence-corrected chi connectivity index (χ2v) is 17.3. The van der Waals surface area contributed by atoms with Gasteiger partial charge in [-0.3, -0.25) is 53.6 Å². The number of likely N-dealkylation sites (tertiary alicyclic amines) is 2. The lowest BCUT2D eigenvalue weighted by Crippen LogP contribution is -2.70. The van der Waals surface area contributed by atoms with Crippen LogP contribution in [-0.2, 0) is 20.8 Å². The maximum absolute atomic E-state index is 15.1. The third kappa shape index (κ3) is 7.11. The normalized spacial score (nSPS) is 21.9. The highest BCUT2D eigenvalue weighted by Crippen LogP contribution is 2.34. The second-order valence-electron chi connectivity index (χ2n) is 17.3. The zero-order valence-corrected chi connectivity index (χ0v) is 34.1. The molecule has 1 atom stereocenters. The van der Waals surface area contributed by atoms with Crippen LogP contribution in [-0.4, -0.2) is 154 Å². The lowest BCUT2D eigenvalue weighted by Gasteiger charge is -2.55. The number of hydrogen-bond acceptors (Lipinski definition) is 11. The first-order chi connectivity index (χ1) is 30.0. The fraction of sp³-hybridized carbons (Fsp3) is 0.422. The summed E-state index contributed by atoms with van der Waals surface area (Å²) in [5.74, 6) is -3.01. The van der Waals surface area contributed by atoms with Crippen LogP contribution in [0, 0.1) is 11.7 Å². The summed E-state index contributed by atoms with van der Waals surface area (Å²) in [7, 11) is 0. The van der Waals surface area contributed by atoms with Gasteiger partial charge in [0.2, 0.25) is 17.7 Å². The van der Waals surface area contributed by atoms with Gasteiger partial charge in [0.25, 0.3) is 23.3 Å². The number of aromatic nitrogens is 2. The largest absolute Gasteiger partial charge is 0.368 e. The van der Waals surface area contributed by atoms with E-state index >= 15 is 4.39 Å². The van der Waals surface area contributed by atoms with E-state index in [0.29, 0.717) is 66.7 Å². The lowest BCUT2D eigenvalue weighted by atomic mass is 9.91. The van der Waals surface area contributed by atoms with Crippen molar-refractivity contribution in [1.29, 1.82) is 0 Å². The van der Waals surface area contributed by atoms with E-state index in [1.807, 2.05) is 23.1 Å². The van der Waals surface area contributed by atoms with Gasteiger partial charge in [0.1, 0.15) is 11.9 Å². The maximum atomic E-state index is 15.1. The first-order valence-electron chi connectivity index (χ1n) is 21.4. The number of nitrogens with zero attached hydrogens (tertiary/aromatic N) is 7. The Morgan fingerprint density at radius 1 is 0.726 bits per heavy atom. The van der Waals surface area contributed by atoms with E-state index in [1.165, 1.54) is 6.07 Å². The number of aromatic amines is 1. The molecule has 2 N–H and O–H groups in total. The lowest BCUT2D eigenvalue weighted by molar-refractivity contribution is -0.139. The average Bonchev–Trinajstić information content (AvgIpc) is 3.50. The number of H-pyrrole nitrogens is 1. The molecular weight excluding hydrogens is 798 g/mol. The number of rotatable bonds is 8. The van der Waals surface area contributed by atoms with Gasteiger partial charge in [0.05, 0.1) is 27.8 Å². The Labute approximate surface area is 355 Å². The monoisotopic (exact) mass is 843 g/mol. The first kappa shape index (κ1) is 39.8. The molecule has 5 saturated heterocycles. The van der Waals surface area contributed by atoms with E-state index in [-0.39, 0.29) is 46.9 Å². The Balaban J connectivity index is 0.663. The number of piperazine rings is 1. The molecule has 0 aliphatic carbocycles. The number of amides is 6. The van der Waals surface area contributed by atoms with Gasteiger partial charge in [-0.2, -0.15) is 5.10 Å². The molecule has 1 aromatic heterocycles. The first-order valence-corrected chi connectivity index (χ1v) is 21.4. The summed E-state index contributed by atoms with van der Waals surface area (Å²) in [4.78, 5) is 101. The van der Waals surface area contributed by atoms with Crippen LogP contribution >= 0.6 is 0 Å². The molecule has 4 aromatic rings. The van der Waals surface area contributed by atoms with Crippen molar-refractivity contribution < 1.29 is 33.2 Å². The van der Waals surface area contributed by atoms with Gasteiger partial charge in [-0.15, -0.1) is 0 Å². The standard InChI is InChI=1S/C45H46FN9O7/c46-36-8-5-26(20-37-31-3-1-2-4-32(31)40(57)49-48-37)19-35(36)43(60)52-17-15-51(16-18-52)42(59)27-11-13-50(14-12-27)29-22-54(23-29)30-24-53(25-30)28-6-7-33-34(21-28)45(62)55(44(33)61)38-9-10-39(56)47-41(38)58/h1-8,19,21,27,29-30,38H,9-18,20,22-25H2,(H,49,57)(H,47,56,58). The number of piperidine rings is 2. The number of carbonyl (C=O) groups is 6. The predicted octanol–water partition coefficient (Wildman–Crippen LogP) is 1.62. The van der Waals surface area contributed by atoms with E-state index in [2.05, 4.69) is 30.2 Å². The van der Waals surface area contributed by atoms with Crippen molar-refractivity contribution in [2.24, 2.45) is 5.92 Å². The third-order valence-corrected chi connectivity index (χ3v) is 13.7. The zero-order chi connectivity index (χ0) is 42.8. The highest BCUT2D eigenvalue weighted by Gasteiger charge is 2.46. The van der Waals surface area contributed by atoms with Gasteiger partial charge in [-0.1, -0.05) is 24.3 Å². The number of nitrogens with one attached hydrogen (secondary N) is 2. The Morgan fingerprint density at radius 3 is 2.16 bits per heavy atom. The Kier molecular flexibility index (Phi) is 10.2. The Hall–Kier alpha value is -6.33. The summed E-state index contributed by atoms with van der Waals surface area (Å²) in [6.07, 6.45) is 2.07. The molecule has 3 aromatic carbocycles. The fourth-order valence-corrected chi connectivity index (χ4v) is 9.99. The molecule has 10 rings (SSSR count). The fourth-order valence-electron chi connectivity index (χ4n) is 9.99. The quantitative estimate of drug-likeness (QED) is 0.247. The van der Waals surface area contributed by atoms with Gasteiger partial charge in [-0.05, 0) is 74.3 Å². The molecule has 0 saturated carbocycles. The molecule has 6 amide bonds. The topological polar surface area (TPSA) is 180 Å². The summed E-state index contributed by atoms with van der Waals surface area (Å²) in [6.45, 7) is 6.65. The predicted molar refractivity (Wildman–Crippen MR) is 223 cm³/mol. The summed E-state index contributed by atoms with van der Waals surface area (Å²) >= 11 is 0. The molecule has 0 spiro atoms. The van der Waals surface area contributed by atoms with Gasteiger partial charge in [-0.25, -0.2) is 9.49 Å². The number of benzene rings is 3. The molecule has 0 radical (unpaired) electrons. The summed E-state index contributed by atoms with van der Waals surface area (Å²) in [5.41, 5.74) is 2.42. The Bertz CT molecular complexity index is 2590. The number of carbonyl (C=O) groups excluding carboxylic acids is 6. The molecule has 7 heterocycles. The van der Waals surface area contributed by atoms with Crippen molar-refractivity contribution >= 4 is 51.9 Å². The highest BCUT2D eigenvalue weighted by molar-refractivity contribution is 6.23. The van der Waals surface area contributed by atoms with E-state index in [1.54, 1.807) is 41.3 Å². The summed E-state index contributed by atoms with van der Waals surface area (Å²) in [6, 6.07) is 16.7. The highest BCUT2D eigenvalue weighted by atomic mass is 19.1.